The van der Waals surface area contributed by atoms with Gasteiger partial charge in [-0.05, 0) is 37.1 Å². The molecule has 5 nitrogen and oxygen atoms in total. The molecule has 0 unspecified atom stereocenters. The van der Waals surface area contributed by atoms with Crippen LogP contribution in [-0.4, -0.2) is 22.9 Å². The number of fused-ring (bicyclic) bond motifs is 2. The molecular weight excluding hydrogens is 356 g/mol. The van der Waals surface area contributed by atoms with Gasteiger partial charge in [-0.2, -0.15) is 9.78 Å². The van der Waals surface area contributed by atoms with E-state index in [2.05, 4.69) is 54.1 Å². The second-order valence-corrected chi connectivity index (χ2v) is 8.58. The molecule has 0 saturated carbocycles. The average molecular weight is 379 g/mol. The third-order valence-electron chi connectivity index (χ3n) is 5.44. The van der Waals surface area contributed by atoms with Gasteiger partial charge in [-0.1, -0.05) is 32.0 Å². The number of benzene rings is 1. The lowest BCUT2D eigenvalue weighted by molar-refractivity contribution is 0.641. The molecule has 0 atom stereocenters. The van der Waals surface area contributed by atoms with Crippen LogP contribution >= 0.6 is 11.3 Å². The molecule has 0 spiro atoms. The number of hydrogen-bond donors (Lipinski definition) is 0. The van der Waals surface area contributed by atoms with E-state index in [0.717, 1.165) is 21.0 Å². The van der Waals surface area contributed by atoms with Crippen molar-refractivity contribution in [1.29, 1.82) is 0 Å². The number of para-hydroxylation sites is 1. The Balaban J connectivity index is 1.73. The van der Waals surface area contributed by atoms with Crippen LogP contribution in [0.4, 0.5) is 5.69 Å². The summed E-state index contributed by atoms with van der Waals surface area (Å²) in [6.45, 7) is 8.37. The predicted octanol–water partition coefficient (Wildman–Crippen LogP) is 4.22. The van der Waals surface area contributed by atoms with Gasteiger partial charge in [-0.3, -0.25) is 4.79 Å². The Bertz CT molecular complexity index is 1170. The first kappa shape index (κ1) is 17.7. The molecule has 1 aliphatic heterocycles. The molecule has 6 heteroatoms. The SMILES string of the molecule is Cc1sc2ncn(/N=C/C=C3\N(C)c4ccccc4C3(C)C)c(=O)c2c1C. The van der Waals surface area contributed by atoms with Crippen LogP contribution in [0.15, 0.2) is 52.3 Å². The summed E-state index contributed by atoms with van der Waals surface area (Å²) in [6.07, 6.45) is 5.15. The van der Waals surface area contributed by atoms with Crippen LogP contribution in [0.3, 0.4) is 0 Å². The number of allylic oxidation sites excluding steroid dienone is 2. The number of aryl methyl sites for hydroxylation is 2. The second kappa shape index (κ2) is 6.16. The molecule has 0 radical (unpaired) electrons. The minimum Gasteiger partial charge on any atom is -0.347 e. The first-order valence-electron chi connectivity index (χ1n) is 8.88. The molecule has 138 valence electrons. The number of hydrogen-bond acceptors (Lipinski definition) is 5. The van der Waals surface area contributed by atoms with Crippen LogP contribution in [0.5, 0.6) is 0 Å². The molecule has 0 fully saturated rings. The van der Waals surface area contributed by atoms with E-state index >= 15 is 0 Å². The Labute approximate surface area is 162 Å². The van der Waals surface area contributed by atoms with E-state index in [1.54, 1.807) is 17.6 Å². The summed E-state index contributed by atoms with van der Waals surface area (Å²) in [4.78, 5) is 21.2. The Kier molecular flexibility index (Phi) is 4.03. The molecule has 2 aromatic heterocycles. The van der Waals surface area contributed by atoms with Crippen molar-refractivity contribution < 1.29 is 0 Å². The lowest BCUT2D eigenvalue weighted by Crippen LogP contribution is -2.23. The maximum atomic E-state index is 12.7. The lowest BCUT2D eigenvalue weighted by atomic mass is 9.84. The van der Waals surface area contributed by atoms with Gasteiger partial charge >= 0.3 is 0 Å². The van der Waals surface area contributed by atoms with E-state index in [1.165, 1.54) is 22.3 Å². The first-order valence-corrected chi connectivity index (χ1v) is 9.69. The summed E-state index contributed by atoms with van der Waals surface area (Å²) in [7, 11) is 2.06. The fourth-order valence-electron chi connectivity index (χ4n) is 3.79. The highest BCUT2D eigenvalue weighted by Crippen LogP contribution is 2.46. The average Bonchev–Trinajstić information content (AvgIpc) is 3.03. The van der Waals surface area contributed by atoms with E-state index in [1.807, 2.05) is 26.0 Å². The summed E-state index contributed by atoms with van der Waals surface area (Å²) in [5, 5.41) is 5.01. The fraction of sp³-hybridized carbons (Fsp3) is 0.286. The topological polar surface area (TPSA) is 50.5 Å². The summed E-state index contributed by atoms with van der Waals surface area (Å²) < 4.78 is 1.31. The van der Waals surface area contributed by atoms with Gasteiger partial charge in [0, 0.05) is 34.9 Å². The molecule has 1 aromatic carbocycles. The van der Waals surface area contributed by atoms with E-state index in [4.69, 9.17) is 0 Å². The van der Waals surface area contributed by atoms with Gasteiger partial charge in [0.2, 0.25) is 0 Å². The van der Waals surface area contributed by atoms with Crippen LogP contribution in [0.25, 0.3) is 10.2 Å². The van der Waals surface area contributed by atoms with Gasteiger partial charge in [0.15, 0.2) is 0 Å². The minimum absolute atomic E-state index is 0.119. The second-order valence-electron chi connectivity index (χ2n) is 7.38. The molecule has 0 aliphatic carbocycles. The van der Waals surface area contributed by atoms with Crippen molar-refractivity contribution in [3.8, 4) is 0 Å². The van der Waals surface area contributed by atoms with E-state index in [-0.39, 0.29) is 11.0 Å². The third-order valence-corrected chi connectivity index (χ3v) is 6.55. The van der Waals surface area contributed by atoms with Gasteiger partial charge in [0.25, 0.3) is 5.56 Å². The van der Waals surface area contributed by atoms with Gasteiger partial charge < -0.3 is 4.90 Å². The maximum absolute atomic E-state index is 12.7. The van der Waals surface area contributed by atoms with Crippen LogP contribution in [0.2, 0.25) is 0 Å². The summed E-state index contributed by atoms with van der Waals surface area (Å²) >= 11 is 1.54. The van der Waals surface area contributed by atoms with Crippen molar-refractivity contribution in [2.75, 3.05) is 11.9 Å². The number of rotatable bonds is 2. The van der Waals surface area contributed by atoms with Crippen LogP contribution < -0.4 is 10.5 Å². The van der Waals surface area contributed by atoms with Crippen LogP contribution in [0, 0.1) is 13.8 Å². The zero-order chi connectivity index (χ0) is 19.3. The zero-order valence-electron chi connectivity index (χ0n) is 16.1. The smallest absolute Gasteiger partial charge is 0.282 e. The summed E-state index contributed by atoms with van der Waals surface area (Å²) in [5.41, 5.74) is 4.37. The summed E-state index contributed by atoms with van der Waals surface area (Å²) in [5.74, 6) is 0. The maximum Gasteiger partial charge on any atom is 0.282 e. The quantitative estimate of drug-likeness (QED) is 0.628. The molecule has 3 aromatic rings. The fourth-order valence-corrected chi connectivity index (χ4v) is 4.77. The third kappa shape index (κ3) is 2.63. The number of likely N-dealkylation sites (N-methyl/N-ethyl adjacent to an activating group) is 1. The first-order chi connectivity index (χ1) is 12.8. The van der Waals surface area contributed by atoms with Crippen molar-refractivity contribution in [2.24, 2.45) is 5.10 Å². The van der Waals surface area contributed by atoms with Crippen molar-refractivity contribution in [3.63, 3.8) is 0 Å². The molecule has 4 rings (SSSR count). The molecule has 27 heavy (non-hydrogen) atoms. The van der Waals surface area contributed by atoms with Crippen molar-refractivity contribution in [3.05, 3.63) is 68.7 Å². The largest absolute Gasteiger partial charge is 0.347 e. The zero-order valence-corrected chi connectivity index (χ0v) is 17.0. The Morgan fingerprint density at radius 3 is 2.70 bits per heavy atom. The van der Waals surface area contributed by atoms with Crippen molar-refractivity contribution in [2.45, 2.75) is 33.1 Å². The monoisotopic (exact) mass is 378 g/mol. The highest BCUT2D eigenvalue weighted by atomic mass is 32.1. The Morgan fingerprint density at radius 2 is 1.96 bits per heavy atom. The standard InChI is InChI=1S/C21H22N4OS/c1-13-14(2)27-19-18(13)20(26)25(12-22-19)23-11-10-17-21(3,4)15-8-6-7-9-16(15)24(17)5/h6-12H,1-5H3/b17-10-,23-11+. The van der Waals surface area contributed by atoms with Crippen LogP contribution in [-0.2, 0) is 5.41 Å². The highest BCUT2D eigenvalue weighted by Gasteiger charge is 2.37. The van der Waals surface area contributed by atoms with Gasteiger partial charge in [-0.15, -0.1) is 11.3 Å². The van der Waals surface area contributed by atoms with Gasteiger partial charge in [-0.25, -0.2) is 4.98 Å². The Hall–Kier alpha value is -2.73. The molecule has 0 saturated heterocycles. The van der Waals surface area contributed by atoms with Crippen LogP contribution in [0.1, 0.15) is 29.9 Å². The number of nitrogens with zero attached hydrogens (tertiary/aromatic N) is 4. The van der Waals surface area contributed by atoms with Crippen molar-refractivity contribution >= 4 is 33.5 Å². The molecular formula is C21H22N4OS. The predicted molar refractivity (Wildman–Crippen MR) is 113 cm³/mol. The number of aromatic nitrogens is 2. The van der Waals surface area contributed by atoms with Gasteiger partial charge in [0.1, 0.15) is 11.2 Å². The molecule has 0 amide bonds. The minimum atomic E-state index is -0.126. The molecule has 1 aliphatic rings. The van der Waals surface area contributed by atoms with E-state index < -0.39 is 0 Å². The Morgan fingerprint density at radius 1 is 1.22 bits per heavy atom. The highest BCUT2D eigenvalue weighted by molar-refractivity contribution is 7.18. The number of thiophene rings is 1. The number of anilines is 1. The van der Waals surface area contributed by atoms with E-state index in [0.29, 0.717) is 5.39 Å². The molecule has 0 bridgehead atoms. The molecule has 0 N–H and O–H groups in total. The van der Waals surface area contributed by atoms with Gasteiger partial charge in [0.05, 0.1) is 5.39 Å². The van der Waals surface area contributed by atoms with Crippen molar-refractivity contribution in [1.82, 2.24) is 9.66 Å². The lowest BCUT2D eigenvalue weighted by Gasteiger charge is -2.23. The van der Waals surface area contributed by atoms with E-state index in [9.17, 15) is 4.79 Å². The molecule has 3 heterocycles. The normalized spacial score (nSPS) is 17.4. The summed E-state index contributed by atoms with van der Waals surface area (Å²) in [6, 6.07) is 8.40.